The summed E-state index contributed by atoms with van der Waals surface area (Å²) < 4.78 is 11.4. The molecule has 1 aromatic heterocycles. The summed E-state index contributed by atoms with van der Waals surface area (Å²) in [6, 6.07) is 0. The summed E-state index contributed by atoms with van der Waals surface area (Å²) in [5.74, 6) is 1.53. The van der Waals surface area contributed by atoms with Crippen molar-refractivity contribution in [1.82, 2.24) is 14.9 Å². The van der Waals surface area contributed by atoms with E-state index in [-0.39, 0.29) is 0 Å². The number of piperazine rings is 1. The molecule has 0 radical (unpaired) electrons. The molecule has 3 heterocycles. The molecule has 0 aliphatic carbocycles. The second-order valence-corrected chi connectivity index (χ2v) is 6.09. The lowest BCUT2D eigenvalue weighted by Gasteiger charge is -2.32. The van der Waals surface area contributed by atoms with Crippen molar-refractivity contribution in [1.29, 1.82) is 0 Å². The first-order valence-electron chi connectivity index (χ1n) is 7.25. The highest BCUT2D eigenvalue weighted by atomic mass is 16.7. The van der Waals surface area contributed by atoms with Gasteiger partial charge in [0.15, 0.2) is 0 Å². The van der Waals surface area contributed by atoms with E-state index in [1.165, 1.54) is 0 Å². The van der Waals surface area contributed by atoms with Gasteiger partial charge in [-0.15, -0.1) is 0 Å². The molecule has 1 aromatic rings. The molecule has 2 saturated heterocycles. The molecule has 0 N–H and O–H groups in total. The van der Waals surface area contributed by atoms with E-state index in [1.807, 2.05) is 13.8 Å². The molecule has 3 rings (SSSR count). The lowest BCUT2D eigenvalue weighted by Crippen LogP contribution is -2.45. The van der Waals surface area contributed by atoms with Crippen LogP contribution in [0, 0.1) is 0 Å². The van der Waals surface area contributed by atoms with Gasteiger partial charge in [-0.05, 0) is 20.9 Å². The molecular weight excluding hydrogens is 267 g/mol. The van der Waals surface area contributed by atoms with Crippen LogP contribution in [0.15, 0.2) is 24.7 Å². The molecule has 0 bridgehead atoms. The lowest BCUT2D eigenvalue weighted by atomic mass is 9.85. The predicted octanol–water partition coefficient (Wildman–Crippen LogP) is 0.263. The number of rotatable bonds is 2. The maximum absolute atomic E-state index is 5.80. The van der Waals surface area contributed by atoms with Crippen molar-refractivity contribution in [3.63, 3.8) is 0 Å². The molecule has 2 fully saturated rings. The van der Waals surface area contributed by atoms with Crippen molar-refractivity contribution in [3.05, 3.63) is 24.7 Å². The second-order valence-electron chi connectivity index (χ2n) is 6.09. The molecule has 0 unspecified atom stereocenters. The molecule has 7 heteroatoms. The van der Waals surface area contributed by atoms with E-state index in [1.54, 1.807) is 12.4 Å². The van der Waals surface area contributed by atoms with Gasteiger partial charge in [-0.3, -0.25) is 4.98 Å². The third kappa shape index (κ3) is 2.89. The molecule has 2 aliphatic rings. The Morgan fingerprint density at radius 1 is 1.19 bits per heavy atom. The predicted molar refractivity (Wildman–Crippen MR) is 82.5 cm³/mol. The lowest BCUT2D eigenvalue weighted by molar-refractivity contribution is 0.173. The Labute approximate surface area is 125 Å². The standard InChI is InChI=1S/C14H21BN4O2/c1-11-14(2,3)21-15(20-11)12-9-17-13(10-16-12)19-7-5-18(4)6-8-19/h9-10H,1,5-8H2,2-4H3. The van der Waals surface area contributed by atoms with Gasteiger partial charge in [0.1, 0.15) is 17.0 Å². The van der Waals surface area contributed by atoms with E-state index in [4.69, 9.17) is 9.31 Å². The molecule has 21 heavy (non-hydrogen) atoms. The van der Waals surface area contributed by atoms with Gasteiger partial charge in [0, 0.05) is 32.4 Å². The second kappa shape index (κ2) is 5.31. The van der Waals surface area contributed by atoms with Crippen LogP contribution >= 0.6 is 0 Å². The van der Waals surface area contributed by atoms with Gasteiger partial charge in [-0.25, -0.2) is 4.98 Å². The third-order valence-corrected chi connectivity index (χ3v) is 4.05. The van der Waals surface area contributed by atoms with Crippen LogP contribution in [0.3, 0.4) is 0 Å². The Bertz CT molecular complexity index is 526. The number of hydrogen-bond donors (Lipinski definition) is 0. The molecule has 0 atom stereocenters. The van der Waals surface area contributed by atoms with Crippen LogP contribution in [-0.2, 0) is 9.31 Å². The first kappa shape index (κ1) is 14.3. The van der Waals surface area contributed by atoms with Gasteiger partial charge >= 0.3 is 7.12 Å². The quantitative estimate of drug-likeness (QED) is 0.728. The monoisotopic (exact) mass is 288 g/mol. The van der Waals surface area contributed by atoms with Crippen LogP contribution in [0.4, 0.5) is 5.82 Å². The summed E-state index contributed by atoms with van der Waals surface area (Å²) in [6.07, 6.45) is 3.52. The number of aromatic nitrogens is 2. The Hall–Kier alpha value is -1.60. The fourth-order valence-electron chi connectivity index (χ4n) is 2.40. The van der Waals surface area contributed by atoms with E-state index in [2.05, 4.69) is 33.4 Å². The molecule has 0 aromatic carbocycles. The van der Waals surface area contributed by atoms with Gasteiger partial charge in [0.25, 0.3) is 0 Å². The SMILES string of the molecule is C=C1OB(c2cnc(N3CCN(C)CC3)cn2)OC1(C)C. The average Bonchev–Trinajstić information content (AvgIpc) is 2.74. The highest BCUT2D eigenvalue weighted by Crippen LogP contribution is 2.28. The highest BCUT2D eigenvalue weighted by Gasteiger charge is 2.44. The van der Waals surface area contributed by atoms with Crippen molar-refractivity contribution in [3.8, 4) is 0 Å². The van der Waals surface area contributed by atoms with Crippen LogP contribution < -0.4 is 10.5 Å². The number of nitrogens with zero attached hydrogens (tertiary/aromatic N) is 4. The minimum atomic E-state index is -0.512. The van der Waals surface area contributed by atoms with Crippen molar-refractivity contribution in [2.24, 2.45) is 0 Å². The Morgan fingerprint density at radius 2 is 1.90 bits per heavy atom. The van der Waals surface area contributed by atoms with Gasteiger partial charge in [0.2, 0.25) is 0 Å². The van der Waals surface area contributed by atoms with E-state index < -0.39 is 12.7 Å². The molecular formula is C14H21BN4O2. The van der Waals surface area contributed by atoms with Crippen LogP contribution in [0.5, 0.6) is 0 Å². The molecule has 6 nitrogen and oxygen atoms in total. The van der Waals surface area contributed by atoms with Crippen molar-refractivity contribution in [2.45, 2.75) is 19.4 Å². The first-order valence-corrected chi connectivity index (χ1v) is 7.25. The minimum Gasteiger partial charge on any atom is -0.533 e. The molecule has 2 aliphatic heterocycles. The van der Waals surface area contributed by atoms with Crippen LogP contribution in [0.2, 0.25) is 0 Å². The Kier molecular flexibility index (Phi) is 3.63. The number of anilines is 1. The summed E-state index contributed by atoms with van der Waals surface area (Å²) in [6.45, 7) is 11.8. The topological polar surface area (TPSA) is 50.7 Å². The zero-order valence-electron chi connectivity index (χ0n) is 12.9. The molecule has 0 amide bonds. The van der Waals surface area contributed by atoms with E-state index >= 15 is 0 Å². The summed E-state index contributed by atoms with van der Waals surface area (Å²) >= 11 is 0. The van der Waals surface area contributed by atoms with Gasteiger partial charge in [-0.1, -0.05) is 6.58 Å². The Morgan fingerprint density at radius 3 is 2.43 bits per heavy atom. The van der Waals surface area contributed by atoms with Gasteiger partial charge in [0.05, 0.1) is 12.0 Å². The smallest absolute Gasteiger partial charge is 0.533 e. The van der Waals surface area contributed by atoms with Crippen LogP contribution in [-0.4, -0.2) is 60.8 Å². The fourth-order valence-corrected chi connectivity index (χ4v) is 2.40. The van der Waals surface area contributed by atoms with E-state index in [9.17, 15) is 0 Å². The molecule has 0 saturated carbocycles. The van der Waals surface area contributed by atoms with Crippen molar-refractivity contribution >= 4 is 18.5 Å². The first-order chi connectivity index (χ1) is 9.95. The van der Waals surface area contributed by atoms with E-state index in [0.29, 0.717) is 11.4 Å². The molecule has 0 spiro atoms. The Balaban J connectivity index is 1.69. The van der Waals surface area contributed by atoms with Gasteiger partial charge < -0.3 is 19.1 Å². The molecule has 112 valence electrons. The third-order valence-electron chi connectivity index (χ3n) is 4.05. The zero-order valence-corrected chi connectivity index (χ0v) is 12.9. The number of hydrogen-bond acceptors (Lipinski definition) is 6. The van der Waals surface area contributed by atoms with Crippen molar-refractivity contribution < 1.29 is 9.31 Å². The number of likely N-dealkylation sites (N-methyl/N-ethyl adjacent to an activating group) is 1. The fraction of sp³-hybridized carbons (Fsp3) is 0.571. The normalized spacial score (nSPS) is 22.5. The van der Waals surface area contributed by atoms with Gasteiger partial charge in [-0.2, -0.15) is 0 Å². The van der Waals surface area contributed by atoms with Crippen LogP contribution in [0.1, 0.15) is 13.8 Å². The average molecular weight is 288 g/mol. The van der Waals surface area contributed by atoms with Crippen LogP contribution in [0.25, 0.3) is 0 Å². The summed E-state index contributed by atoms with van der Waals surface area (Å²) in [4.78, 5) is 13.5. The maximum Gasteiger partial charge on any atom is 0.584 e. The summed E-state index contributed by atoms with van der Waals surface area (Å²) in [5, 5.41) is 0. The summed E-state index contributed by atoms with van der Waals surface area (Å²) in [7, 11) is 1.62. The zero-order chi connectivity index (χ0) is 15.0. The maximum atomic E-state index is 5.80. The minimum absolute atomic E-state index is 0.484. The largest absolute Gasteiger partial charge is 0.584 e. The van der Waals surface area contributed by atoms with Crippen molar-refractivity contribution in [2.75, 3.05) is 38.1 Å². The summed E-state index contributed by atoms with van der Waals surface area (Å²) in [5.41, 5.74) is 0.197. The highest BCUT2D eigenvalue weighted by molar-refractivity contribution is 6.61. The van der Waals surface area contributed by atoms with E-state index in [0.717, 1.165) is 32.0 Å².